The summed E-state index contributed by atoms with van der Waals surface area (Å²) in [6, 6.07) is 13.2. The van der Waals surface area contributed by atoms with Crippen molar-refractivity contribution in [1.29, 1.82) is 0 Å². The average Bonchev–Trinajstić information content (AvgIpc) is 3.06. The maximum Gasteiger partial charge on any atom is 0.332 e. The average molecular weight is 379 g/mol. The van der Waals surface area contributed by atoms with Crippen LogP contribution in [0.25, 0.3) is 6.08 Å². The Kier molecular flexibility index (Phi) is 5.95. The number of aryl methyl sites for hydroxylation is 1. The first-order chi connectivity index (χ1) is 13.5. The predicted molar refractivity (Wildman–Crippen MR) is 108 cm³/mol. The molecule has 5 heteroatoms. The number of hydrogen-bond acceptors (Lipinski definition) is 4. The number of aliphatic hydroxyl groups is 1. The predicted octanol–water partition coefficient (Wildman–Crippen LogP) is 2.83. The van der Waals surface area contributed by atoms with Gasteiger partial charge in [-0.25, -0.2) is 4.79 Å². The van der Waals surface area contributed by atoms with Crippen molar-refractivity contribution in [3.63, 3.8) is 0 Å². The maximum absolute atomic E-state index is 13.2. The first-order valence-electron chi connectivity index (χ1n) is 9.44. The monoisotopic (exact) mass is 379 g/mol. The summed E-state index contributed by atoms with van der Waals surface area (Å²) in [5.74, 6) is -0.748. The van der Waals surface area contributed by atoms with Crippen LogP contribution in [0.5, 0.6) is 0 Å². The van der Waals surface area contributed by atoms with Crippen LogP contribution in [-0.2, 0) is 22.4 Å². The van der Waals surface area contributed by atoms with Crippen molar-refractivity contribution in [1.82, 2.24) is 5.32 Å². The lowest BCUT2D eigenvalue weighted by Gasteiger charge is -2.28. The van der Waals surface area contributed by atoms with Crippen LogP contribution in [0.2, 0.25) is 0 Å². The molecule has 28 heavy (non-hydrogen) atoms. The molecule has 0 aliphatic heterocycles. The quantitative estimate of drug-likeness (QED) is 0.757. The van der Waals surface area contributed by atoms with Crippen molar-refractivity contribution >= 4 is 18.0 Å². The summed E-state index contributed by atoms with van der Waals surface area (Å²) in [7, 11) is 0. The first kappa shape index (κ1) is 19.8. The van der Waals surface area contributed by atoms with Crippen LogP contribution in [0.4, 0.5) is 0 Å². The zero-order valence-electron chi connectivity index (χ0n) is 16.2. The number of benzene rings is 2. The van der Waals surface area contributed by atoms with E-state index in [2.05, 4.69) is 5.32 Å². The molecule has 0 unspecified atom stereocenters. The van der Waals surface area contributed by atoms with Gasteiger partial charge in [0.2, 0.25) is 0 Å². The van der Waals surface area contributed by atoms with E-state index in [4.69, 9.17) is 9.84 Å². The fourth-order valence-electron chi connectivity index (χ4n) is 3.72. The van der Waals surface area contributed by atoms with E-state index in [-0.39, 0.29) is 19.1 Å². The van der Waals surface area contributed by atoms with Crippen LogP contribution in [0.15, 0.2) is 48.5 Å². The van der Waals surface area contributed by atoms with Crippen LogP contribution < -0.4 is 5.32 Å². The van der Waals surface area contributed by atoms with Crippen LogP contribution in [0.3, 0.4) is 0 Å². The molecule has 1 amide bonds. The van der Waals surface area contributed by atoms with Gasteiger partial charge >= 0.3 is 5.97 Å². The Morgan fingerprint density at radius 1 is 1.14 bits per heavy atom. The standard InChI is InChI=1S/C23H25NO4/c1-3-28-22(27)23(14-17-9-4-5-10-18(17)15-23)24-21(26)20-11-6-8-16(2)19(20)12-7-13-25/h4-12,25H,3,13-15H2,1-2H3,(H,24,26)/b12-7+. The zero-order chi connectivity index (χ0) is 20.1. The molecular weight excluding hydrogens is 354 g/mol. The third-order valence-corrected chi connectivity index (χ3v) is 5.08. The van der Waals surface area contributed by atoms with E-state index in [1.165, 1.54) is 0 Å². The van der Waals surface area contributed by atoms with Gasteiger partial charge in [-0.1, -0.05) is 48.6 Å². The van der Waals surface area contributed by atoms with E-state index in [9.17, 15) is 9.59 Å². The molecule has 1 aliphatic carbocycles. The van der Waals surface area contributed by atoms with E-state index in [1.54, 1.807) is 31.2 Å². The number of ether oxygens (including phenoxy) is 1. The van der Waals surface area contributed by atoms with Crippen molar-refractivity contribution < 1.29 is 19.4 Å². The number of amides is 1. The summed E-state index contributed by atoms with van der Waals surface area (Å²) >= 11 is 0. The molecule has 3 rings (SSSR count). The van der Waals surface area contributed by atoms with E-state index >= 15 is 0 Å². The molecule has 0 saturated heterocycles. The van der Waals surface area contributed by atoms with Gasteiger partial charge in [0.15, 0.2) is 0 Å². The normalized spacial score (nSPS) is 14.7. The van der Waals surface area contributed by atoms with Gasteiger partial charge in [-0.3, -0.25) is 4.79 Å². The molecule has 1 aliphatic rings. The molecule has 0 heterocycles. The van der Waals surface area contributed by atoms with E-state index in [1.807, 2.05) is 37.3 Å². The Labute approximate surface area is 165 Å². The number of rotatable bonds is 6. The number of fused-ring (bicyclic) bond motifs is 1. The summed E-state index contributed by atoms with van der Waals surface area (Å²) < 4.78 is 5.32. The molecule has 0 radical (unpaired) electrons. The Balaban J connectivity index is 1.95. The Morgan fingerprint density at radius 3 is 2.43 bits per heavy atom. The lowest BCUT2D eigenvalue weighted by atomic mass is 9.93. The van der Waals surface area contributed by atoms with Crippen molar-refractivity contribution in [2.24, 2.45) is 0 Å². The highest BCUT2D eigenvalue weighted by Crippen LogP contribution is 2.32. The minimum absolute atomic E-state index is 0.114. The fraction of sp³-hybridized carbons (Fsp3) is 0.304. The molecular formula is C23H25NO4. The highest BCUT2D eigenvalue weighted by atomic mass is 16.5. The van der Waals surface area contributed by atoms with Gasteiger partial charge in [0.05, 0.1) is 13.2 Å². The smallest absolute Gasteiger partial charge is 0.332 e. The molecule has 2 aromatic carbocycles. The molecule has 0 aromatic heterocycles. The van der Waals surface area contributed by atoms with E-state index in [0.717, 1.165) is 22.3 Å². The summed E-state index contributed by atoms with van der Waals surface area (Å²) in [5.41, 5.74) is 3.07. The van der Waals surface area contributed by atoms with Gasteiger partial charge < -0.3 is 15.2 Å². The van der Waals surface area contributed by atoms with E-state index in [0.29, 0.717) is 18.4 Å². The number of carbonyl (C=O) groups excluding carboxylic acids is 2. The van der Waals surface area contributed by atoms with Crippen molar-refractivity contribution in [3.8, 4) is 0 Å². The summed E-state index contributed by atoms with van der Waals surface area (Å²) in [5, 5.41) is 12.1. The topological polar surface area (TPSA) is 75.6 Å². The lowest BCUT2D eigenvalue weighted by molar-refractivity contribution is -0.150. The number of nitrogens with one attached hydrogen (secondary N) is 1. The van der Waals surface area contributed by atoms with Gasteiger partial charge in [-0.05, 0) is 42.2 Å². The lowest BCUT2D eigenvalue weighted by Crippen LogP contribution is -2.56. The molecule has 2 aromatic rings. The molecule has 0 atom stereocenters. The van der Waals surface area contributed by atoms with Gasteiger partial charge in [0, 0.05) is 18.4 Å². The van der Waals surface area contributed by atoms with E-state index < -0.39 is 11.5 Å². The second kappa shape index (κ2) is 8.40. The second-order valence-electron chi connectivity index (χ2n) is 7.00. The van der Waals surface area contributed by atoms with Crippen molar-refractivity contribution in [2.75, 3.05) is 13.2 Å². The maximum atomic E-state index is 13.2. The molecule has 2 N–H and O–H groups in total. The number of carbonyl (C=O) groups is 2. The summed E-state index contributed by atoms with van der Waals surface area (Å²) in [4.78, 5) is 26.0. The van der Waals surface area contributed by atoms with Gasteiger partial charge in [-0.15, -0.1) is 0 Å². The molecule has 146 valence electrons. The van der Waals surface area contributed by atoms with Gasteiger partial charge in [0.25, 0.3) is 5.91 Å². The fourth-order valence-corrected chi connectivity index (χ4v) is 3.72. The van der Waals surface area contributed by atoms with Gasteiger partial charge in [0.1, 0.15) is 5.54 Å². The Morgan fingerprint density at radius 2 is 1.82 bits per heavy atom. The van der Waals surface area contributed by atoms with Crippen molar-refractivity contribution in [2.45, 2.75) is 32.2 Å². The summed E-state index contributed by atoms with van der Waals surface area (Å²) in [6.45, 7) is 3.80. The van der Waals surface area contributed by atoms with Gasteiger partial charge in [-0.2, -0.15) is 0 Å². The zero-order valence-corrected chi connectivity index (χ0v) is 16.2. The minimum Gasteiger partial charge on any atom is -0.464 e. The Hall–Kier alpha value is -2.92. The molecule has 5 nitrogen and oxygen atoms in total. The van der Waals surface area contributed by atoms with Crippen LogP contribution in [0.1, 0.15) is 39.5 Å². The van der Waals surface area contributed by atoms with Crippen LogP contribution >= 0.6 is 0 Å². The third-order valence-electron chi connectivity index (χ3n) is 5.08. The Bertz CT molecular complexity index is 892. The molecule has 0 fully saturated rings. The summed E-state index contributed by atoms with van der Waals surface area (Å²) in [6.07, 6.45) is 4.12. The second-order valence-corrected chi connectivity index (χ2v) is 7.00. The number of esters is 1. The third kappa shape index (κ3) is 3.85. The highest BCUT2D eigenvalue weighted by molar-refractivity contribution is 6.01. The number of hydrogen-bond donors (Lipinski definition) is 2. The number of aliphatic hydroxyl groups excluding tert-OH is 1. The van der Waals surface area contributed by atoms with Crippen LogP contribution in [0, 0.1) is 6.92 Å². The molecule has 0 saturated carbocycles. The highest BCUT2D eigenvalue weighted by Gasteiger charge is 2.46. The SMILES string of the molecule is CCOC(=O)C1(NC(=O)c2cccc(C)c2/C=C/CO)Cc2ccccc2C1. The first-order valence-corrected chi connectivity index (χ1v) is 9.44. The minimum atomic E-state index is -1.11. The molecule has 0 spiro atoms. The van der Waals surface area contributed by atoms with Crippen molar-refractivity contribution in [3.05, 3.63) is 76.4 Å². The van der Waals surface area contributed by atoms with Crippen LogP contribution in [-0.4, -0.2) is 35.7 Å². The molecule has 0 bridgehead atoms. The largest absolute Gasteiger partial charge is 0.464 e.